The fourth-order valence-electron chi connectivity index (χ4n) is 1.94. The summed E-state index contributed by atoms with van der Waals surface area (Å²) < 4.78 is 19.7. The van der Waals surface area contributed by atoms with E-state index in [1.165, 1.54) is 24.3 Å². The van der Waals surface area contributed by atoms with E-state index in [0.29, 0.717) is 0 Å². The molecule has 172 valence electrons. The standard InChI is InChI=1S/2C10H10O6/c2*11-9(12)5-15-7-3-1-2-4-8(7)16-6-10(13)14/h2*1-4H,5-6H2,(H,11,12)(H,13,14). The number of hydrogen-bond acceptors (Lipinski definition) is 8. The summed E-state index contributed by atoms with van der Waals surface area (Å²) in [5.74, 6) is -3.67. The van der Waals surface area contributed by atoms with Crippen LogP contribution in [0, 0.1) is 0 Å². The largest absolute Gasteiger partial charge is 0.479 e. The fourth-order valence-corrected chi connectivity index (χ4v) is 1.94. The third kappa shape index (κ3) is 10.9. The Morgan fingerprint density at radius 1 is 0.469 bits per heavy atom. The van der Waals surface area contributed by atoms with Crippen molar-refractivity contribution in [3.63, 3.8) is 0 Å². The zero-order valence-electron chi connectivity index (χ0n) is 16.5. The molecule has 0 radical (unpaired) electrons. The number of rotatable bonds is 12. The number of carboxylic acid groups (broad SMARTS) is 4. The fraction of sp³-hybridized carbons (Fsp3) is 0.200. The zero-order valence-corrected chi connectivity index (χ0v) is 16.5. The first-order chi connectivity index (χ1) is 15.2. The Hall–Kier alpha value is -4.48. The first kappa shape index (κ1) is 25.6. The Labute approximate surface area is 181 Å². The molecular formula is C20H20O12. The number of carbonyl (C=O) groups is 4. The molecule has 2 aromatic rings. The summed E-state index contributed by atoms with van der Waals surface area (Å²) in [5, 5.41) is 33.7. The minimum atomic E-state index is -1.12. The Morgan fingerprint density at radius 2 is 0.656 bits per heavy atom. The zero-order chi connectivity index (χ0) is 23.9. The predicted octanol–water partition coefficient (Wildman–Crippen LogP) is 1.23. The van der Waals surface area contributed by atoms with Crippen LogP contribution in [0.5, 0.6) is 23.0 Å². The molecule has 0 saturated heterocycles. The van der Waals surface area contributed by atoms with Crippen molar-refractivity contribution in [1.29, 1.82) is 0 Å². The van der Waals surface area contributed by atoms with Gasteiger partial charge < -0.3 is 39.4 Å². The lowest BCUT2D eigenvalue weighted by Gasteiger charge is -2.09. The third-order valence-electron chi connectivity index (χ3n) is 3.10. The monoisotopic (exact) mass is 452 g/mol. The van der Waals surface area contributed by atoms with Gasteiger partial charge in [0.15, 0.2) is 49.4 Å². The van der Waals surface area contributed by atoms with E-state index in [1.807, 2.05) is 0 Å². The van der Waals surface area contributed by atoms with Crippen molar-refractivity contribution in [1.82, 2.24) is 0 Å². The molecule has 0 saturated carbocycles. The van der Waals surface area contributed by atoms with Crippen molar-refractivity contribution >= 4 is 23.9 Å². The van der Waals surface area contributed by atoms with E-state index < -0.39 is 50.3 Å². The summed E-state index contributed by atoms with van der Waals surface area (Å²) in [4.78, 5) is 41.2. The number of carboxylic acids is 4. The van der Waals surface area contributed by atoms with Gasteiger partial charge in [0, 0.05) is 0 Å². The number of ether oxygens (including phenoxy) is 4. The highest BCUT2D eigenvalue weighted by Gasteiger charge is 2.09. The Morgan fingerprint density at radius 3 is 0.812 bits per heavy atom. The molecule has 12 heteroatoms. The first-order valence-electron chi connectivity index (χ1n) is 8.75. The highest BCUT2D eigenvalue weighted by Crippen LogP contribution is 2.27. The van der Waals surface area contributed by atoms with E-state index in [1.54, 1.807) is 24.3 Å². The Balaban J connectivity index is 0.000000320. The molecule has 32 heavy (non-hydrogen) atoms. The Bertz CT molecular complexity index is 775. The first-order valence-corrected chi connectivity index (χ1v) is 8.75. The minimum Gasteiger partial charge on any atom is -0.479 e. The maximum absolute atomic E-state index is 10.3. The van der Waals surface area contributed by atoms with Crippen LogP contribution in [0.4, 0.5) is 0 Å². The molecule has 0 fully saturated rings. The molecule has 0 heterocycles. The molecule has 0 aliphatic carbocycles. The van der Waals surface area contributed by atoms with E-state index in [9.17, 15) is 19.2 Å². The molecule has 2 aromatic carbocycles. The molecule has 0 amide bonds. The lowest BCUT2D eigenvalue weighted by atomic mass is 10.3. The number of hydrogen-bond donors (Lipinski definition) is 4. The SMILES string of the molecule is O=C(O)COc1ccccc1OCC(=O)O.O=C(O)COc1ccccc1OCC(=O)O. The van der Waals surface area contributed by atoms with Crippen molar-refractivity contribution in [2.24, 2.45) is 0 Å². The van der Waals surface area contributed by atoms with Crippen LogP contribution in [0.25, 0.3) is 0 Å². The van der Waals surface area contributed by atoms with E-state index in [0.717, 1.165) is 0 Å². The van der Waals surface area contributed by atoms with E-state index in [-0.39, 0.29) is 23.0 Å². The summed E-state index contributed by atoms with van der Waals surface area (Å²) >= 11 is 0. The maximum atomic E-state index is 10.3. The second kappa shape index (κ2) is 13.7. The van der Waals surface area contributed by atoms with Gasteiger partial charge in [-0.1, -0.05) is 24.3 Å². The quantitative estimate of drug-likeness (QED) is 0.361. The highest BCUT2D eigenvalue weighted by atomic mass is 16.5. The van der Waals surface area contributed by atoms with Crippen LogP contribution in [0.2, 0.25) is 0 Å². The molecule has 0 aliphatic rings. The van der Waals surface area contributed by atoms with Crippen molar-refractivity contribution in [3.8, 4) is 23.0 Å². The molecule has 4 N–H and O–H groups in total. The van der Waals surface area contributed by atoms with Crippen LogP contribution in [-0.2, 0) is 19.2 Å². The van der Waals surface area contributed by atoms with E-state index >= 15 is 0 Å². The normalized spacial score (nSPS) is 9.50. The average Bonchev–Trinajstić information content (AvgIpc) is 2.74. The van der Waals surface area contributed by atoms with Gasteiger partial charge in [-0.05, 0) is 24.3 Å². The minimum absolute atomic E-state index is 0.200. The van der Waals surface area contributed by atoms with Gasteiger partial charge in [-0.2, -0.15) is 0 Å². The van der Waals surface area contributed by atoms with Gasteiger partial charge in [-0.3, -0.25) is 0 Å². The molecule has 2 rings (SSSR count). The summed E-state index contributed by atoms with van der Waals surface area (Å²) in [6.45, 7) is -2.03. The summed E-state index contributed by atoms with van der Waals surface area (Å²) in [7, 11) is 0. The van der Waals surface area contributed by atoms with Gasteiger partial charge >= 0.3 is 23.9 Å². The highest BCUT2D eigenvalue weighted by molar-refractivity contribution is 5.70. The van der Waals surface area contributed by atoms with Crippen LogP contribution in [-0.4, -0.2) is 70.7 Å². The van der Waals surface area contributed by atoms with Crippen molar-refractivity contribution in [2.75, 3.05) is 26.4 Å². The van der Waals surface area contributed by atoms with E-state index in [2.05, 4.69) is 0 Å². The molecule has 0 aromatic heterocycles. The molecule has 0 aliphatic heterocycles. The lowest BCUT2D eigenvalue weighted by Crippen LogP contribution is -2.12. The van der Waals surface area contributed by atoms with Crippen LogP contribution < -0.4 is 18.9 Å². The van der Waals surface area contributed by atoms with Gasteiger partial charge in [0.2, 0.25) is 0 Å². The van der Waals surface area contributed by atoms with Gasteiger partial charge in [-0.25, -0.2) is 19.2 Å². The van der Waals surface area contributed by atoms with Crippen molar-refractivity contribution < 1.29 is 58.6 Å². The van der Waals surface area contributed by atoms with Crippen LogP contribution in [0.15, 0.2) is 48.5 Å². The number of benzene rings is 2. The van der Waals surface area contributed by atoms with Gasteiger partial charge in [-0.15, -0.1) is 0 Å². The van der Waals surface area contributed by atoms with Crippen molar-refractivity contribution in [2.45, 2.75) is 0 Å². The molecule has 0 spiro atoms. The summed E-state index contributed by atoms with van der Waals surface area (Å²) in [6.07, 6.45) is 0. The topological polar surface area (TPSA) is 186 Å². The summed E-state index contributed by atoms with van der Waals surface area (Å²) in [5.41, 5.74) is 0. The van der Waals surface area contributed by atoms with E-state index in [4.69, 9.17) is 39.4 Å². The third-order valence-corrected chi connectivity index (χ3v) is 3.10. The lowest BCUT2D eigenvalue weighted by molar-refractivity contribution is -0.140. The molecule has 12 nitrogen and oxygen atoms in total. The summed E-state index contributed by atoms with van der Waals surface area (Å²) in [6, 6.07) is 12.5. The second-order valence-electron chi connectivity index (χ2n) is 5.62. The van der Waals surface area contributed by atoms with Crippen LogP contribution in [0.3, 0.4) is 0 Å². The predicted molar refractivity (Wildman–Crippen MR) is 105 cm³/mol. The second-order valence-corrected chi connectivity index (χ2v) is 5.62. The molecule has 0 unspecified atom stereocenters. The van der Waals surface area contributed by atoms with Crippen LogP contribution >= 0.6 is 0 Å². The maximum Gasteiger partial charge on any atom is 0.341 e. The van der Waals surface area contributed by atoms with Crippen molar-refractivity contribution in [3.05, 3.63) is 48.5 Å². The smallest absolute Gasteiger partial charge is 0.341 e. The van der Waals surface area contributed by atoms with Gasteiger partial charge in [0.25, 0.3) is 0 Å². The molecule has 0 atom stereocenters. The average molecular weight is 452 g/mol. The molecule has 0 bridgehead atoms. The number of para-hydroxylation sites is 4. The van der Waals surface area contributed by atoms with Gasteiger partial charge in [0.05, 0.1) is 0 Å². The Kier molecular flexibility index (Phi) is 10.9. The van der Waals surface area contributed by atoms with Crippen LogP contribution in [0.1, 0.15) is 0 Å². The molecular weight excluding hydrogens is 432 g/mol. The number of aliphatic carboxylic acids is 4. The van der Waals surface area contributed by atoms with Gasteiger partial charge in [0.1, 0.15) is 0 Å².